The van der Waals surface area contributed by atoms with Gasteiger partial charge in [0, 0.05) is 5.69 Å². The lowest BCUT2D eigenvalue weighted by atomic mass is 10.2. The Hall–Kier alpha value is -2.65. The summed E-state index contributed by atoms with van der Waals surface area (Å²) in [5.74, 6) is -1.06. The van der Waals surface area contributed by atoms with Gasteiger partial charge >= 0.3 is 6.03 Å². The second-order valence-corrected chi connectivity index (χ2v) is 7.84. The highest BCUT2D eigenvalue weighted by molar-refractivity contribution is 9.11. The summed E-state index contributed by atoms with van der Waals surface area (Å²) in [5.41, 5.74) is 2.18. The van der Waals surface area contributed by atoms with Gasteiger partial charge in [-0.05, 0) is 80.3 Å². The van der Waals surface area contributed by atoms with Crippen molar-refractivity contribution in [1.29, 1.82) is 0 Å². The van der Waals surface area contributed by atoms with Gasteiger partial charge in [0.15, 0.2) is 0 Å². The third kappa shape index (κ3) is 4.42. The van der Waals surface area contributed by atoms with Crippen molar-refractivity contribution >= 4 is 61.5 Å². The van der Waals surface area contributed by atoms with E-state index in [-0.39, 0.29) is 11.4 Å². The molecule has 7 nitrogen and oxygen atoms in total. The second kappa shape index (κ2) is 8.15. The maximum absolute atomic E-state index is 12.5. The van der Waals surface area contributed by atoms with Gasteiger partial charge in [0.05, 0.1) is 8.95 Å². The number of carbonyl (C=O) groups is 3. The van der Waals surface area contributed by atoms with E-state index in [0.29, 0.717) is 20.2 Å². The monoisotopic (exact) mass is 507 g/mol. The van der Waals surface area contributed by atoms with Crippen molar-refractivity contribution in [3.8, 4) is 5.75 Å². The molecule has 0 bridgehead atoms. The lowest BCUT2D eigenvalue weighted by Gasteiger charge is -2.12. The van der Waals surface area contributed by atoms with Crippen LogP contribution in [0.1, 0.15) is 11.1 Å². The number of nitrogens with zero attached hydrogens (tertiary/aromatic N) is 1. The minimum atomic E-state index is -0.674. The van der Waals surface area contributed by atoms with Gasteiger partial charge < -0.3 is 15.7 Å². The maximum Gasteiger partial charge on any atom is 0.329 e. The first-order valence-electron chi connectivity index (χ1n) is 8.13. The molecule has 28 heavy (non-hydrogen) atoms. The van der Waals surface area contributed by atoms with Crippen LogP contribution >= 0.6 is 31.9 Å². The van der Waals surface area contributed by atoms with Crippen molar-refractivity contribution in [3.05, 3.63) is 62.2 Å². The maximum atomic E-state index is 12.5. The molecule has 0 unspecified atom stereocenters. The summed E-state index contributed by atoms with van der Waals surface area (Å²) >= 11 is 6.42. The SMILES string of the molecule is Cc1cccc(NC(=O)CN2C(=O)N/C(=C/c3cc(Br)c(O)c(Br)c3)C2=O)c1. The molecule has 3 N–H and O–H groups in total. The number of anilines is 1. The molecule has 1 aliphatic heterocycles. The van der Waals surface area contributed by atoms with Gasteiger partial charge in [-0.15, -0.1) is 0 Å². The molecule has 9 heteroatoms. The molecule has 0 saturated carbocycles. The third-order valence-corrected chi connectivity index (χ3v) is 5.13. The number of phenols is 1. The van der Waals surface area contributed by atoms with Crippen LogP contribution in [-0.2, 0) is 9.59 Å². The number of hydrogen-bond acceptors (Lipinski definition) is 4. The Morgan fingerprint density at radius 1 is 1.21 bits per heavy atom. The number of halogens is 2. The summed E-state index contributed by atoms with van der Waals surface area (Å²) in [7, 11) is 0. The third-order valence-electron chi connectivity index (χ3n) is 3.92. The molecule has 1 aliphatic rings. The Morgan fingerprint density at radius 3 is 2.54 bits per heavy atom. The van der Waals surface area contributed by atoms with Crippen LogP contribution in [0, 0.1) is 6.92 Å². The minimum absolute atomic E-state index is 0.0263. The molecular weight excluding hydrogens is 494 g/mol. The molecule has 0 atom stereocenters. The number of imide groups is 1. The standard InChI is InChI=1S/C19H15Br2N3O4/c1-10-3-2-4-12(5-10)22-16(25)9-24-18(27)15(23-19(24)28)8-11-6-13(20)17(26)14(21)7-11/h2-8,26H,9H2,1H3,(H,22,25)(H,23,28)/b15-8+. The zero-order valence-corrected chi connectivity index (χ0v) is 17.8. The van der Waals surface area contributed by atoms with Gasteiger partial charge in [-0.2, -0.15) is 0 Å². The molecule has 1 saturated heterocycles. The molecular formula is C19H15Br2N3O4. The van der Waals surface area contributed by atoms with E-state index < -0.39 is 24.4 Å². The van der Waals surface area contributed by atoms with E-state index in [4.69, 9.17) is 0 Å². The number of urea groups is 1. The zero-order valence-electron chi connectivity index (χ0n) is 14.6. The Balaban J connectivity index is 1.73. The molecule has 1 fully saturated rings. The van der Waals surface area contributed by atoms with Crippen LogP contribution in [0.3, 0.4) is 0 Å². The van der Waals surface area contributed by atoms with Gasteiger partial charge in [0.2, 0.25) is 5.91 Å². The van der Waals surface area contributed by atoms with E-state index in [1.165, 1.54) is 6.08 Å². The predicted molar refractivity (Wildman–Crippen MR) is 112 cm³/mol. The fourth-order valence-electron chi connectivity index (χ4n) is 2.62. The van der Waals surface area contributed by atoms with Gasteiger partial charge in [0.1, 0.15) is 18.0 Å². The van der Waals surface area contributed by atoms with Gasteiger partial charge in [-0.25, -0.2) is 9.69 Å². The lowest BCUT2D eigenvalue weighted by Crippen LogP contribution is -2.38. The van der Waals surface area contributed by atoms with Gasteiger partial charge in [-0.3, -0.25) is 9.59 Å². The molecule has 3 rings (SSSR count). The highest BCUT2D eigenvalue weighted by Gasteiger charge is 2.35. The minimum Gasteiger partial charge on any atom is -0.506 e. The summed E-state index contributed by atoms with van der Waals surface area (Å²) in [6, 6.07) is 9.72. The Bertz CT molecular complexity index is 997. The zero-order chi connectivity index (χ0) is 20.4. The van der Waals surface area contributed by atoms with Crippen LogP contribution in [0.4, 0.5) is 10.5 Å². The molecule has 4 amide bonds. The summed E-state index contributed by atoms with van der Waals surface area (Å²) in [4.78, 5) is 37.7. The van der Waals surface area contributed by atoms with E-state index >= 15 is 0 Å². The number of hydrogen-bond donors (Lipinski definition) is 3. The van der Waals surface area contributed by atoms with Crippen LogP contribution in [-0.4, -0.2) is 34.4 Å². The normalized spacial score (nSPS) is 15.1. The molecule has 2 aromatic rings. The van der Waals surface area contributed by atoms with Crippen molar-refractivity contribution in [2.75, 3.05) is 11.9 Å². The smallest absolute Gasteiger partial charge is 0.329 e. The van der Waals surface area contributed by atoms with E-state index in [9.17, 15) is 19.5 Å². The number of aryl methyl sites for hydroxylation is 1. The molecule has 144 valence electrons. The van der Waals surface area contributed by atoms with Crippen LogP contribution in [0.2, 0.25) is 0 Å². The van der Waals surface area contributed by atoms with E-state index in [1.54, 1.807) is 30.3 Å². The molecule has 2 aromatic carbocycles. The van der Waals surface area contributed by atoms with Crippen molar-refractivity contribution in [2.45, 2.75) is 6.92 Å². The first-order chi connectivity index (χ1) is 13.2. The largest absolute Gasteiger partial charge is 0.506 e. The summed E-state index contributed by atoms with van der Waals surface area (Å²) < 4.78 is 0.861. The average molecular weight is 509 g/mol. The number of amides is 4. The first-order valence-corrected chi connectivity index (χ1v) is 9.72. The fraction of sp³-hybridized carbons (Fsp3) is 0.105. The topological polar surface area (TPSA) is 98.7 Å². The van der Waals surface area contributed by atoms with E-state index in [1.807, 2.05) is 13.0 Å². The molecule has 0 aromatic heterocycles. The summed E-state index contributed by atoms with van der Waals surface area (Å²) in [6.07, 6.45) is 1.47. The first kappa shape index (κ1) is 20.1. The number of carbonyl (C=O) groups excluding carboxylic acids is 3. The lowest BCUT2D eigenvalue weighted by molar-refractivity contribution is -0.127. The van der Waals surface area contributed by atoms with Crippen molar-refractivity contribution in [2.24, 2.45) is 0 Å². The van der Waals surface area contributed by atoms with Gasteiger partial charge in [-0.1, -0.05) is 12.1 Å². The highest BCUT2D eigenvalue weighted by atomic mass is 79.9. The Kier molecular flexibility index (Phi) is 5.85. The van der Waals surface area contributed by atoms with E-state index in [0.717, 1.165) is 10.5 Å². The van der Waals surface area contributed by atoms with Crippen molar-refractivity contribution < 1.29 is 19.5 Å². The van der Waals surface area contributed by atoms with Crippen LogP contribution in [0.25, 0.3) is 6.08 Å². The number of nitrogens with one attached hydrogen (secondary N) is 2. The molecule has 0 spiro atoms. The Morgan fingerprint density at radius 2 is 1.89 bits per heavy atom. The molecule has 0 aliphatic carbocycles. The van der Waals surface area contributed by atoms with Crippen molar-refractivity contribution in [1.82, 2.24) is 10.2 Å². The number of benzene rings is 2. The highest BCUT2D eigenvalue weighted by Crippen LogP contribution is 2.34. The number of phenolic OH excluding ortho intramolecular Hbond substituents is 1. The van der Waals surface area contributed by atoms with Gasteiger partial charge in [0.25, 0.3) is 5.91 Å². The number of aromatic hydroxyl groups is 1. The van der Waals surface area contributed by atoms with Crippen molar-refractivity contribution in [3.63, 3.8) is 0 Å². The second-order valence-electron chi connectivity index (χ2n) is 6.13. The summed E-state index contributed by atoms with van der Waals surface area (Å²) in [5, 5.41) is 14.9. The molecule has 0 radical (unpaired) electrons. The van der Waals surface area contributed by atoms with Crippen LogP contribution < -0.4 is 10.6 Å². The van der Waals surface area contributed by atoms with Crippen LogP contribution in [0.15, 0.2) is 51.0 Å². The fourth-order valence-corrected chi connectivity index (χ4v) is 3.84. The quantitative estimate of drug-likeness (QED) is 0.432. The predicted octanol–water partition coefficient (Wildman–Crippen LogP) is 3.76. The number of rotatable bonds is 4. The average Bonchev–Trinajstić information content (AvgIpc) is 2.87. The Labute approximate surface area is 177 Å². The van der Waals surface area contributed by atoms with Crippen LogP contribution in [0.5, 0.6) is 5.75 Å². The van der Waals surface area contributed by atoms with E-state index in [2.05, 4.69) is 42.5 Å². The summed E-state index contributed by atoms with van der Waals surface area (Å²) in [6.45, 7) is 1.49. The molecule has 1 heterocycles.